The smallest absolute Gasteiger partial charge is 0.123 e. The molecule has 0 aliphatic rings. The molecule has 11 heavy (non-hydrogen) atoms. The van der Waals surface area contributed by atoms with E-state index in [1.807, 2.05) is 13.0 Å². The molecule has 0 aromatic heterocycles. The van der Waals surface area contributed by atoms with Crippen molar-refractivity contribution in [2.75, 3.05) is 0 Å². The van der Waals surface area contributed by atoms with Crippen LogP contribution in [0, 0.1) is 12.7 Å². The van der Waals surface area contributed by atoms with Crippen LogP contribution in [0.2, 0.25) is 0 Å². The highest BCUT2D eigenvalue weighted by Gasteiger charge is 1.94. The van der Waals surface area contributed by atoms with Gasteiger partial charge in [-0.15, -0.1) is 0 Å². The molecule has 0 unspecified atom stereocenters. The molecule has 1 aromatic carbocycles. The molecule has 0 aliphatic heterocycles. The monoisotopic (exact) mass is 214 g/mol. The van der Waals surface area contributed by atoms with E-state index in [0.717, 1.165) is 11.1 Å². The lowest BCUT2D eigenvalue weighted by Gasteiger charge is -1.98. The molecule has 2 heteroatoms. The molecule has 1 rings (SSSR count). The molecule has 0 nitrogen and oxygen atoms in total. The normalized spacial score (nSPS) is 10.8. The molecule has 0 aliphatic carbocycles. The predicted octanol–water partition coefficient (Wildman–Crippen LogP) is 3.50. The summed E-state index contributed by atoms with van der Waals surface area (Å²) in [5.74, 6) is -0.198. The topological polar surface area (TPSA) is 0 Å². The molecule has 1 aromatic rings. The zero-order valence-corrected chi connectivity index (χ0v) is 7.73. The van der Waals surface area contributed by atoms with Crippen LogP contribution in [-0.2, 0) is 0 Å². The lowest BCUT2D eigenvalue weighted by Crippen LogP contribution is -1.81. The van der Waals surface area contributed by atoms with E-state index in [0.29, 0.717) is 0 Å². The van der Waals surface area contributed by atoms with Crippen LogP contribution in [-0.4, -0.2) is 0 Å². The summed E-state index contributed by atoms with van der Waals surface area (Å²) in [4.78, 5) is 1.72. The molecular weight excluding hydrogens is 207 g/mol. The first-order chi connectivity index (χ1) is 5.24. The van der Waals surface area contributed by atoms with Crippen LogP contribution in [0.1, 0.15) is 11.1 Å². The molecule has 0 atom stereocenters. The highest BCUT2D eigenvalue weighted by molar-refractivity contribution is 9.11. The average Bonchev–Trinajstić information content (AvgIpc) is 1.98. The number of hydrogen-bond acceptors (Lipinski definition) is 0. The minimum Gasteiger partial charge on any atom is -0.207 e. The zero-order chi connectivity index (χ0) is 8.27. The Morgan fingerprint density at radius 3 is 2.82 bits per heavy atom. The summed E-state index contributed by atoms with van der Waals surface area (Å²) in [6.45, 7) is 1.95. The Hall–Kier alpha value is -0.630. The number of rotatable bonds is 1. The van der Waals surface area contributed by atoms with Crippen molar-refractivity contribution in [3.63, 3.8) is 0 Å². The summed E-state index contributed by atoms with van der Waals surface area (Å²) in [5.41, 5.74) is 1.98. The van der Waals surface area contributed by atoms with Crippen LogP contribution in [0.15, 0.2) is 23.2 Å². The van der Waals surface area contributed by atoms with Gasteiger partial charge in [0.05, 0.1) is 0 Å². The van der Waals surface area contributed by atoms with E-state index >= 15 is 0 Å². The second-order valence-corrected chi connectivity index (χ2v) is 2.82. The Morgan fingerprint density at radius 1 is 1.45 bits per heavy atom. The van der Waals surface area contributed by atoms with Gasteiger partial charge < -0.3 is 0 Å². The van der Waals surface area contributed by atoms with E-state index in [1.54, 1.807) is 11.1 Å². The Morgan fingerprint density at radius 2 is 2.18 bits per heavy atom. The standard InChI is InChI=1S/C9H8BrF/c1-7-2-3-9(11)6-8(7)4-5-10/h2-6H,1H3/b5-4+. The number of halogens is 2. The molecule has 0 spiro atoms. The summed E-state index contributed by atoms with van der Waals surface area (Å²) >= 11 is 3.14. The van der Waals surface area contributed by atoms with Gasteiger partial charge in [-0.3, -0.25) is 0 Å². The van der Waals surface area contributed by atoms with Gasteiger partial charge in [-0.1, -0.05) is 22.0 Å². The first kappa shape index (κ1) is 8.47. The van der Waals surface area contributed by atoms with E-state index < -0.39 is 0 Å². The van der Waals surface area contributed by atoms with Gasteiger partial charge in [-0.25, -0.2) is 4.39 Å². The second-order valence-electron chi connectivity index (χ2n) is 2.29. The van der Waals surface area contributed by atoms with E-state index in [1.165, 1.54) is 12.1 Å². The molecule has 0 amide bonds. The number of benzene rings is 1. The third-order valence-electron chi connectivity index (χ3n) is 1.48. The molecule has 58 valence electrons. The SMILES string of the molecule is Cc1ccc(F)cc1/C=C/Br. The quantitative estimate of drug-likeness (QED) is 0.672. The van der Waals surface area contributed by atoms with Gasteiger partial charge in [0.15, 0.2) is 0 Å². The van der Waals surface area contributed by atoms with E-state index in [2.05, 4.69) is 15.9 Å². The summed E-state index contributed by atoms with van der Waals surface area (Å²) in [6, 6.07) is 4.73. The van der Waals surface area contributed by atoms with Crippen molar-refractivity contribution >= 4 is 22.0 Å². The third kappa shape index (κ3) is 2.15. The molecule has 0 bridgehead atoms. The molecule has 0 saturated carbocycles. The molecule has 0 radical (unpaired) electrons. The number of hydrogen-bond donors (Lipinski definition) is 0. The minimum atomic E-state index is -0.198. The van der Waals surface area contributed by atoms with Crippen molar-refractivity contribution in [1.82, 2.24) is 0 Å². The van der Waals surface area contributed by atoms with Crippen molar-refractivity contribution in [3.05, 3.63) is 40.1 Å². The summed E-state index contributed by atoms with van der Waals surface area (Å²) in [5, 5.41) is 0. The van der Waals surface area contributed by atoms with Gasteiger partial charge in [-0.2, -0.15) is 0 Å². The fraction of sp³-hybridized carbons (Fsp3) is 0.111. The highest BCUT2D eigenvalue weighted by Crippen LogP contribution is 2.12. The maximum Gasteiger partial charge on any atom is 0.123 e. The Bertz CT molecular complexity index is 279. The minimum absolute atomic E-state index is 0.198. The summed E-state index contributed by atoms with van der Waals surface area (Å²) in [6.07, 6.45) is 1.82. The van der Waals surface area contributed by atoms with Crippen molar-refractivity contribution < 1.29 is 4.39 Å². The molecule has 0 heterocycles. The fourth-order valence-electron chi connectivity index (χ4n) is 0.859. The number of aryl methyl sites for hydroxylation is 1. The molecule has 0 N–H and O–H groups in total. The highest BCUT2D eigenvalue weighted by atomic mass is 79.9. The summed E-state index contributed by atoms with van der Waals surface area (Å²) in [7, 11) is 0. The third-order valence-corrected chi connectivity index (χ3v) is 1.75. The second kappa shape index (κ2) is 3.67. The maximum atomic E-state index is 12.6. The van der Waals surface area contributed by atoms with Crippen LogP contribution in [0.25, 0.3) is 6.08 Å². The van der Waals surface area contributed by atoms with Gasteiger partial charge in [0, 0.05) is 0 Å². The fourth-order valence-corrected chi connectivity index (χ4v) is 1.14. The van der Waals surface area contributed by atoms with E-state index in [-0.39, 0.29) is 5.82 Å². The van der Waals surface area contributed by atoms with Crippen LogP contribution >= 0.6 is 15.9 Å². The summed E-state index contributed by atoms with van der Waals surface area (Å²) < 4.78 is 12.6. The van der Waals surface area contributed by atoms with Crippen LogP contribution in [0.4, 0.5) is 4.39 Å². The van der Waals surface area contributed by atoms with Gasteiger partial charge in [0.25, 0.3) is 0 Å². The first-order valence-corrected chi connectivity index (χ1v) is 4.18. The van der Waals surface area contributed by atoms with Crippen molar-refractivity contribution in [3.8, 4) is 0 Å². The van der Waals surface area contributed by atoms with Crippen LogP contribution in [0.3, 0.4) is 0 Å². The predicted molar refractivity (Wildman–Crippen MR) is 49.1 cm³/mol. The van der Waals surface area contributed by atoms with Crippen LogP contribution < -0.4 is 0 Å². The van der Waals surface area contributed by atoms with Crippen molar-refractivity contribution in [2.24, 2.45) is 0 Å². The molecule has 0 saturated heterocycles. The van der Waals surface area contributed by atoms with E-state index in [4.69, 9.17) is 0 Å². The Kier molecular flexibility index (Phi) is 2.83. The Labute approximate surface area is 73.9 Å². The average molecular weight is 215 g/mol. The van der Waals surface area contributed by atoms with Gasteiger partial charge >= 0.3 is 0 Å². The zero-order valence-electron chi connectivity index (χ0n) is 6.14. The van der Waals surface area contributed by atoms with Crippen LogP contribution in [0.5, 0.6) is 0 Å². The van der Waals surface area contributed by atoms with Gasteiger partial charge in [0.2, 0.25) is 0 Å². The van der Waals surface area contributed by atoms with Crippen molar-refractivity contribution in [2.45, 2.75) is 6.92 Å². The van der Waals surface area contributed by atoms with Gasteiger partial charge in [0.1, 0.15) is 5.82 Å². The maximum absolute atomic E-state index is 12.6. The molecular formula is C9H8BrF. The lowest BCUT2D eigenvalue weighted by molar-refractivity contribution is 0.627. The molecule has 0 fully saturated rings. The van der Waals surface area contributed by atoms with Gasteiger partial charge in [-0.05, 0) is 41.2 Å². The Balaban J connectivity index is 3.12. The van der Waals surface area contributed by atoms with Crippen molar-refractivity contribution in [1.29, 1.82) is 0 Å². The van der Waals surface area contributed by atoms with E-state index in [9.17, 15) is 4.39 Å². The first-order valence-electron chi connectivity index (χ1n) is 3.27. The lowest BCUT2D eigenvalue weighted by atomic mass is 10.1. The largest absolute Gasteiger partial charge is 0.207 e.